The van der Waals surface area contributed by atoms with Crippen molar-refractivity contribution in [1.29, 1.82) is 0 Å². The van der Waals surface area contributed by atoms with Crippen molar-refractivity contribution in [3.8, 4) is 5.69 Å². The van der Waals surface area contributed by atoms with Gasteiger partial charge in [0.2, 0.25) is 0 Å². The number of benzene rings is 2. The van der Waals surface area contributed by atoms with Crippen molar-refractivity contribution >= 4 is 11.8 Å². The second kappa shape index (κ2) is 8.20. The molecule has 0 N–H and O–H groups in total. The molecule has 0 fully saturated rings. The van der Waals surface area contributed by atoms with Gasteiger partial charge in [0.1, 0.15) is 12.7 Å². The van der Waals surface area contributed by atoms with Crippen LogP contribution in [0.4, 0.5) is 0 Å². The summed E-state index contributed by atoms with van der Waals surface area (Å²) in [5.74, 6) is -0.758. The number of aryl methyl sites for hydroxylation is 1. The molecule has 0 amide bonds. The second-order valence-corrected chi connectivity index (χ2v) is 5.83. The van der Waals surface area contributed by atoms with Crippen molar-refractivity contribution in [2.45, 2.75) is 19.8 Å². The van der Waals surface area contributed by atoms with Gasteiger partial charge in [0.15, 0.2) is 12.4 Å². The van der Waals surface area contributed by atoms with Gasteiger partial charge in [-0.2, -0.15) is 5.10 Å². The Morgan fingerprint density at radius 1 is 1.00 bits per heavy atom. The quantitative estimate of drug-likeness (QED) is 0.483. The highest BCUT2D eigenvalue weighted by Crippen LogP contribution is 2.11. The molecule has 2 aromatic carbocycles. The van der Waals surface area contributed by atoms with E-state index in [4.69, 9.17) is 4.74 Å². The van der Waals surface area contributed by atoms with Crippen molar-refractivity contribution in [2.75, 3.05) is 6.61 Å². The standard InChI is InChI=1S/C20H19N3O3/c1-2-3-15-4-6-16(7-5-15)19(24)12-26-20(25)17-8-10-18(11-9-17)23-14-21-13-22-23/h4-11,13-14H,2-3,12H2,1H3. The Balaban J connectivity index is 1.57. The van der Waals surface area contributed by atoms with Gasteiger partial charge < -0.3 is 4.74 Å². The van der Waals surface area contributed by atoms with Crippen LogP contribution in [0.25, 0.3) is 5.69 Å². The van der Waals surface area contributed by atoms with Crippen LogP contribution < -0.4 is 0 Å². The van der Waals surface area contributed by atoms with Gasteiger partial charge in [-0.1, -0.05) is 37.6 Å². The van der Waals surface area contributed by atoms with Crippen LogP contribution in [0, 0.1) is 0 Å². The first kappa shape index (κ1) is 17.5. The summed E-state index contributed by atoms with van der Waals surface area (Å²) in [6.45, 7) is 1.83. The Bertz CT molecular complexity index is 870. The van der Waals surface area contributed by atoms with Crippen LogP contribution in [-0.2, 0) is 11.2 Å². The van der Waals surface area contributed by atoms with Gasteiger partial charge in [-0.05, 0) is 36.2 Å². The third kappa shape index (κ3) is 4.22. The summed E-state index contributed by atoms with van der Waals surface area (Å²) in [5.41, 5.74) is 2.88. The zero-order chi connectivity index (χ0) is 18.4. The summed E-state index contributed by atoms with van der Waals surface area (Å²) in [6, 6.07) is 14.1. The number of esters is 1. The van der Waals surface area contributed by atoms with E-state index in [9.17, 15) is 9.59 Å². The number of ether oxygens (including phenoxy) is 1. The highest BCUT2D eigenvalue weighted by atomic mass is 16.5. The fourth-order valence-electron chi connectivity index (χ4n) is 2.54. The lowest BCUT2D eigenvalue weighted by molar-refractivity contribution is 0.0475. The largest absolute Gasteiger partial charge is 0.454 e. The second-order valence-electron chi connectivity index (χ2n) is 5.83. The normalized spacial score (nSPS) is 10.5. The first-order valence-electron chi connectivity index (χ1n) is 8.41. The molecule has 6 nitrogen and oxygen atoms in total. The number of rotatable bonds is 7. The molecule has 1 aromatic heterocycles. The van der Waals surface area contributed by atoms with E-state index in [1.165, 1.54) is 11.9 Å². The summed E-state index contributed by atoms with van der Waals surface area (Å²) in [7, 11) is 0. The molecule has 26 heavy (non-hydrogen) atoms. The van der Waals surface area contributed by atoms with Gasteiger partial charge in [-0.25, -0.2) is 14.5 Å². The lowest BCUT2D eigenvalue weighted by atomic mass is 10.1. The van der Waals surface area contributed by atoms with E-state index in [1.54, 1.807) is 47.4 Å². The van der Waals surface area contributed by atoms with Crippen LogP contribution in [0.5, 0.6) is 0 Å². The van der Waals surface area contributed by atoms with E-state index in [1.807, 2.05) is 12.1 Å². The lowest BCUT2D eigenvalue weighted by Gasteiger charge is -2.06. The van der Waals surface area contributed by atoms with Crippen LogP contribution in [0.15, 0.2) is 61.2 Å². The summed E-state index contributed by atoms with van der Waals surface area (Å²) < 4.78 is 6.71. The van der Waals surface area contributed by atoms with Crippen LogP contribution in [-0.4, -0.2) is 33.1 Å². The van der Waals surface area contributed by atoms with E-state index in [0.29, 0.717) is 11.1 Å². The highest BCUT2D eigenvalue weighted by molar-refractivity contribution is 5.99. The molecule has 0 aliphatic carbocycles. The molecule has 0 saturated heterocycles. The molecule has 3 rings (SSSR count). The summed E-state index contributed by atoms with van der Waals surface area (Å²) in [6.07, 6.45) is 5.04. The van der Waals surface area contributed by atoms with Gasteiger partial charge in [0.05, 0.1) is 11.3 Å². The number of hydrogen-bond donors (Lipinski definition) is 0. The molecule has 0 aliphatic rings. The predicted molar refractivity (Wildman–Crippen MR) is 96.4 cm³/mol. The molecule has 0 aliphatic heterocycles. The third-order valence-corrected chi connectivity index (χ3v) is 3.94. The first-order valence-corrected chi connectivity index (χ1v) is 8.41. The molecule has 0 bridgehead atoms. The van der Waals surface area contributed by atoms with E-state index >= 15 is 0 Å². The lowest BCUT2D eigenvalue weighted by Crippen LogP contribution is -2.14. The van der Waals surface area contributed by atoms with Crippen molar-refractivity contribution < 1.29 is 14.3 Å². The smallest absolute Gasteiger partial charge is 0.338 e. The summed E-state index contributed by atoms with van der Waals surface area (Å²) in [4.78, 5) is 28.1. The minimum Gasteiger partial charge on any atom is -0.454 e. The number of aromatic nitrogens is 3. The highest BCUT2D eigenvalue weighted by Gasteiger charge is 2.12. The first-order chi connectivity index (χ1) is 12.7. The number of Topliss-reactive ketones (excluding diaryl/α,β-unsaturated/α-hetero) is 1. The molecular weight excluding hydrogens is 330 g/mol. The zero-order valence-corrected chi connectivity index (χ0v) is 14.5. The molecule has 0 saturated carbocycles. The van der Waals surface area contributed by atoms with Gasteiger partial charge in [-0.3, -0.25) is 4.79 Å². The predicted octanol–water partition coefficient (Wildman–Crippen LogP) is 3.26. The van der Waals surface area contributed by atoms with E-state index in [-0.39, 0.29) is 12.4 Å². The minimum atomic E-state index is -0.536. The molecular formula is C20H19N3O3. The van der Waals surface area contributed by atoms with E-state index < -0.39 is 5.97 Å². The molecule has 132 valence electrons. The van der Waals surface area contributed by atoms with Crippen LogP contribution in [0.2, 0.25) is 0 Å². The number of ketones is 1. The monoisotopic (exact) mass is 349 g/mol. The van der Waals surface area contributed by atoms with Gasteiger partial charge in [0, 0.05) is 5.56 Å². The van der Waals surface area contributed by atoms with Gasteiger partial charge >= 0.3 is 5.97 Å². The van der Waals surface area contributed by atoms with Crippen molar-refractivity contribution in [1.82, 2.24) is 14.8 Å². The average molecular weight is 349 g/mol. The molecule has 6 heteroatoms. The Labute approximate surface area is 151 Å². The fraction of sp³-hybridized carbons (Fsp3) is 0.200. The fourth-order valence-corrected chi connectivity index (χ4v) is 2.54. The maximum atomic E-state index is 12.2. The molecule has 0 radical (unpaired) electrons. The SMILES string of the molecule is CCCc1ccc(C(=O)COC(=O)c2ccc(-n3cncn3)cc2)cc1. The topological polar surface area (TPSA) is 74.1 Å². The minimum absolute atomic E-state index is 0.222. The Morgan fingerprint density at radius 2 is 1.69 bits per heavy atom. The maximum Gasteiger partial charge on any atom is 0.338 e. The van der Waals surface area contributed by atoms with Crippen molar-refractivity contribution in [3.63, 3.8) is 0 Å². The zero-order valence-electron chi connectivity index (χ0n) is 14.5. The number of carbonyl (C=O) groups is 2. The van der Waals surface area contributed by atoms with Crippen LogP contribution in [0.1, 0.15) is 39.6 Å². The Kier molecular flexibility index (Phi) is 5.53. The molecule has 3 aromatic rings. The summed E-state index contributed by atoms with van der Waals surface area (Å²) in [5, 5.41) is 4.02. The van der Waals surface area contributed by atoms with Crippen LogP contribution >= 0.6 is 0 Å². The Morgan fingerprint density at radius 3 is 2.31 bits per heavy atom. The van der Waals surface area contributed by atoms with Gasteiger partial charge in [-0.15, -0.1) is 0 Å². The molecule has 0 unspecified atom stereocenters. The number of hydrogen-bond acceptors (Lipinski definition) is 5. The van der Waals surface area contributed by atoms with Crippen molar-refractivity contribution in [3.05, 3.63) is 77.9 Å². The average Bonchev–Trinajstić information content (AvgIpc) is 3.21. The Hall–Kier alpha value is -3.28. The molecule has 0 spiro atoms. The van der Waals surface area contributed by atoms with Gasteiger partial charge in [0.25, 0.3) is 0 Å². The van der Waals surface area contributed by atoms with E-state index in [0.717, 1.165) is 18.5 Å². The number of carbonyl (C=O) groups excluding carboxylic acids is 2. The summed E-state index contributed by atoms with van der Waals surface area (Å²) >= 11 is 0. The maximum absolute atomic E-state index is 12.2. The van der Waals surface area contributed by atoms with Crippen molar-refractivity contribution in [2.24, 2.45) is 0 Å². The number of nitrogens with zero attached hydrogens (tertiary/aromatic N) is 3. The molecule has 0 atom stereocenters. The molecule has 1 heterocycles. The van der Waals surface area contributed by atoms with E-state index in [2.05, 4.69) is 17.0 Å². The third-order valence-electron chi connectivity index (χ3n) is 3.94. The van der Waals surface area contributed by atoms with Crippen LogP contribution in [0.3, 0.4) is 0 Å².